The molecule has 0 aliphatic carbocycles. The summed E-state index contributed by atoms with van der Waals surface area (Å²) in [6.07, 6.45) is 1.59. The third-order valence-electron chi connectivity index (χ3n) is 3.72. The van der Waals surface area contributed by atoms with Crippen molar-refractivity contribution < 1.29 is 14.6 Å². The van der Waals surface area contributed by atoms with E-state index in [4.69, 9.17) is 16.3 Å². The van der Waals surface area contributed by atoms with Crippen molar-refractivity contribution in [2.24, 2.45) is 0 Å². The molecule has 110 valence electrons. The van der Waals surface area contributed by atoms with Crippen LogP contribution in [0.25, 0.3) is 0 Å². The van der Waals surface area contributed by atoms with E-state index in [1.807, 2.05) is 12.1 Å². The van der Waals surface area contributed by atoms with Crippen LogP contribution in [0.3, 0.4) is 0 Å². The largest absolute Gasteiger partial charge is 0.450 e. The summed E-state index contributed by atoms with van der Waals surface area (Å²) in [7, 11) is 0. The molecule has 5 heteroatoms. The van der Waals surface area contributed by atoms with Crippen LogP contribution in [0.4, 0.5) is 4.79 Å². The lowest BCUT2D eigenvalue weighted by molar-refractivity contribution is 0.0210. The summed E-state index contributed by atoms with van der Waals surface area (Å²) in [5, 5.41) is 11.5. The van der Waals surface area contributed by atoms with E-state index >= 15 is 0 Å². The first kappa shape index (κ1) is 15.1. The van der Waals surface area contributed by atoms with Gasteiger partial charge in [0, 0.05) is 18.1 Å². The highest BCUT2D eigenvalue weighted by atomic mass is 35.5. The Morgan fingerprint density at radius 2 is 2.05 bits per heavy atom. The average Bonchev–Trinajstić information content (AvgIpc) is 2.63. The maximum atomic E-state index is 11.7. The second-order valence-electron chi connectivity index (χ2n) is 5.08. The minimum Gasteiger partial charge on any atom is -0.450 e. The van der Waals surface area contributed by atoms with E-state index < -0.39 is 5.60 Å². The minimum absolute atomic E-state index is 0.298. The number of aliphatic hydroxyl groups is 1. The van der Waals surface area contributed by atoms with E-state index in [-0.39, 0.29) is 6.09 Å². The molecule has 0 radical (unpaired) electrons. The van der Waals surface area contributed by atoms with E-state index in [1.54, 1.807) is 24.0 Å². The number of nitrogens with zero attached hydrogens (tertiary/aromatic N) is 1. The normalized spacial score (nSPS) is 23.2. The fraction of sp³-hybridized carbons (Fsp3) is 0.533. The number of benzene rings is 1. The Labute approximate surface area is 124 Å². The van der Waals surface area contributed by atoms with Gasteiger partial charge >= 0.3 is 6.09 Å². The third-order valence-corrected chi connectivity index (χ3v) is 3.97. The van der Waals surface area contributed by atoms with Gasteiger partial charge in [0.1, 0.15) is 0 Å². The second kappa shape index (κ2) is 6.46. The van der Waals surface area contributed by atoms with Crippen molar-refractivity contribution in [1.82, 2.24) is 4.90 Å². The van der Waals surface area contributed by atoms with E-state index in [9.17, 15) is 9.90 Å². The van der Waals surface area contributed by atoms with Gasteiger partial charge in [0.05, 0.1) is 12.2 Å². The molecule has 20 heavy (non-hydrogen) atoms. The van der Waals surface area contributed by atoms with Gasteiger partial charge in [-0.1, -0.05) is 23.7 Å². The molecule has 1 aromatic rings. The highest BCUT2D eigenvalue weighted by Crippen LogP contribution is 2.33. The molecule has 1 heterocycles. The summed E-state index contributed by atoms with van der Waals surface area (Å²) in [5.74, 6) is 0. The van der Waals surface area contributed by atoms with Gasteiger partial charge in [-0.2, -0.15) is 0 Å². The lowest BCUT2D eigenvalue weighted by Crippen LogP contribution is -2.34. The first-order chi connectivity index (χ1) is 9.55. The molecule has 0 saturated carbocycles. The Bertz CT molecular complexity index is 463. The Kier molecular flexibility index (Phi) is 4.89. The van der Waals surface area contributed by atoms with Gasteiger partial charge < -0.3 is 14.7 Å². The first-order valence-electron chi connectivity index (χ1n) is 6.95. The van der Waals surface area contributed by atoms with Gasteiger partial charge in [0.25, 0.3) is 0 Å². The van der Waals surface area contributed by atoms with Crippen LogP contribution in [0.2, 0.25) is 5.02 Å². The summed E-state index contributed by atoms with van der Waals surface area (Å²) in [4.78, 5) is 13.4. The summed E-state index contributed by atoms with van der Waals surface area (Å²) >= 11 is 5.88. The maximum Gasteiger partial charge on any atom is 0.409 e. The molecular formula is C15H20ClNO3. The zero-order valence-electron chi connectivity index (χ0n) is 11.6. The molecule has 1 unspecified atom stereocenters. The second-order valence-corrected chi connectivity index (χ2v) is 5.51. The maximum absolute atomic E-state index is 11.7. The molecule has 1 aromatic carbocycles. The summed E-state index contributed by atoms with van der Waals surface area (Å²) in [6.45, 7) is 3.28. The van der Waals surface area contributed by atoms with Gasteiger partial charge in [-0.25, -0.2) is 4.79 Å². The van der Waals surface area contributed by atoms with Crippen LogP contribution in [-0.2, 0) is 10.3 Å². The molecule has 1 N–H and O–H groups in total. The predicted octanol–water partition coefficient (Wildman–Crippen LogP) is 3.17. The van der Waals surface area contributed by atoms with Gasteiger partial charge in [-0.3, -0.25) is 0 Å². The lowest BCUT2D eigenvalue weighted by Gasteiger charge is -2.27. The molecule has 1 fully saturated rings. The number of rotatable bonds is 2. The number of amides is 1. The Morgan fingerprint density at radius 3 is 2.70 bits per heavy atom. The average molecular weight is 298 g/mol. The van der Waals surface area contributed by atoms with E-state index in [0.717, 1.165) is 12.0 Å². The topological polar surface area (TPSA) is 49.8 Å². The zero-order chi connectivity index (χ0) is 14.6. The van der Waals surface area contributed by atoms with Crippen molar-refractivity contribution in [3.8, 4) is 0 Å². The van der Waals surface area contributed by atoms with Crippen LogP contribution < -0.4 is 0 Å². The monoisotopic (exact) mass is 297 g/mol. The fourth-order valence-corrected chi connectivity index (χ4v) is 2.69. The van der Waals surface area contributed by atoms with Crippen molar-refractivity contribution in [3.63, 3.8) is 0 Å². The number of carbonyl (C=O) groups is 1. The first-order valence-corrected chi connectivity index (χ1v) is 7.33. The molecule has 2 rings (SSSR count). The van der Waals surface area contributed by atoms with Crippen LogP contribution in [-0.4, -0.2) is 35.8 Å². The van der Waals surface area contributed by atoms with Crippen molar-refractivity contribution in [2.45, 2.75) is 31.8 Å². The van der Waals surface area contributed by atoms with E-state index in [0.29, 0.717) is 37.6 Å². The van der Waals surface area contributed by atoms with Crippen LogP contribution in [0, 0.1) is 0 Å². The third kappa shape index (κ3) is 3.44. The Hall–Kier alpha value is -1.26. The summed E-state index contributed by atoms with van der Waals surface area (Å²) < 4.78 is 5.01. The zero-order valence-corrected chi connectivity index (χ0v) is 12.4. The molecule has 1 saturated heterocycles. The number of hydrogen-bond acceptors (Lipinski definition) is 3. The molecule has 1 aliphatic rings. The van der Waals surface area contributed by atoms with Gasteiger partial charge in [-0.15, -0.1) is 0 Å². The predicted molar refractivity (Wildman–Crippen MR) is 77.8 cm³/mol. The SMILES string of the molecule is CCOC(=O)N1CCCC(O)(c2ccc(Cl)cc2)CC1. The van der Waals surface area contributed by atoms with Gasteiger partial charge in [0.15, 0.2) is 0 Å². The number of ether oxygens (including phenoxy) is 1. The number of hydrogen-bond donors (Lipinski definition) is 1. The Morgan fingerprint density at radius 1 is 1.35 bits per heavy atom. The van der Waals surface area contributed by atoms with Crippen molar-refractivity contribution >= 4 is 17.7 Å². The molecule has 4 nitrogen and oxygen atoms in total. The smallest absolute Gasteiger partial charge is 0.409 e. The number of halogens is 1. The van der Waals surface area contributed by atoms with Gasteiger partial charge in [-0.05, 0) is 43.9 Å². The minimum atomic E-state index is -0.897. The highest BCUT2D eigenvalue weighted by Gasteiger charge is 2.33. The summed E-state index contributed by atoms with van der Waals surface area (Å²) in [6, 6.07) is 7.26. The molecule has 1 aliphatic heterocycles. The number of carbonyl (C=O) groups excluding carboxylic acids is 1. The van der Waals surface area contributed by atoms with Crippen LogP contribution in [0.1, 0.15) is 31.7 Å². The molecular weight excluding hydrogens is 278 g/mol. The fourth-order valence-electron chi connectivity index (χ4n) is 2.57. The molecule has 1 atom stereocenters. The molecule has 0 spiro atoms. The Balaban J connectivity index is 2.08. The van der Waals surface area contributed by atoms with Gasteiger partial charge in [0.2, 0.25) is 0 Å². The summed E-state index contributed by atoms with van der Waals surface area (Å²) in [5.41, 5.74) is -0.0427. The van der Waals surface area contributed by atoms with Crippen LogP contribution in [0.15, 0.2) is 24.3 Å². The van der Waals surface area contributed by atoms with E-state index in [2.05, 4.69) is 0 Å². The van der Waals surface area contributed by atoms with Crippen LogP contribution in [0.5, 0.6) is 0 Å². The molecule has 0 aromatic heterocycles. The lowest BCUT2D eigenvalue weighted by atomic mass is 9.87. The quantitative estimate of drug-likeness (QED) is 0.912. The standard InChI is InChI=1S/C15H20ClNO3/c1-2-20-14(18)17-10-3-8-15(19,9-11-17)12-4-6-13(16)7-5-12/h4-7,19H,2-3,8-11H2,1H3. The van der Waals surface area contributed by atoms with Crippen molar-refractivity contribution in [1.29, 1.82) is 0 Å². The molecule has 0 bridgehead atoms. The highest BCUT2D eigenvalue weighted by molar-refractivity contribution is 6.30. The molecule has 1 amide bonds. The van der Waals surface area contributed by atoms with Crippen molar-refractivity contribution in [3.05, 3.63) is 34.9 Å². The van der Waals surface area contributed by atoms with Crippen LogP contribution >= 0.6 is 11.6 Å². The van der Waals surface area contributed by atoms with Crippen molar-refractivity contribution in [2.75, 3.05) is 19.7 Å². The number of likely N-dealkylation sites (tertiary alicyclic amines) is 1. The van der Waals surface area contributed by atoms with E-state index in [1.165, 1.54) is 0 Å².